The standard InChI is InChI=1S/C27H26ClN5O3/c1-5-8-19(30-4)16-36-24-10-9-18(11-21(24)28)32-27-17(14-29)15-31-22-13-25(35-7-3)23(12-20(22)27)33-26(34)6-2/h5-6,8-13,15H,2,7,16H2,1,3-4H3,(H,31,32)(H,33,34)/b8-5-,30-19?. The summed E-state index contributed by atoms with van der Waals surface area (Å²) >= 11 is 6.47. The Hall–Kier alpha value is -4.35. The van der Waals surface area contributed by atoms with Crippen molar-refractivity contribution in [3.05, 3.63) is 71.9 Å². The molecule has 0 fully saturated rings. The number of hydrogen-bond acceptors (Lipinski definition) is 7. The highest BCUT2D eigenvalue weighted by atomic mass is 35.5. The number of hydrogen-bond donors (Lipinski definition) is 2. The summed E-state index contributed by atoms with van der Waals surface area (Å²) in [5, 5.41) is 16.8. The number of aliphatic imine (C=N–C) groups is 1. The second-order valence-corrected chi connectivity index (χ2v) is 7.83. The van der Waals surface area contributed by atoms with Crippen LogP contribution in [0.4, 0.5) is 17.1 Å². The van der Waals surface area contributed by atoms with E-state index in [0.717, 1.165) is 5.71 Å². The number of nitrogens with zero attached hydrogens (tertiary/aromatic N) is 3. The van der Waals surface area contributed by atoms with Gasteiger partial charge in [-0.1, -0.05) is 24.3 Å². The largest absolute Gasteiger partial charge is 0.492 e. The zero-order valence-electron chi connectivity index (χ0n) is 20.3. The Morgan fingerprint density at radius 3 is 2.72 bits per heavy atom. The van der Waals surface area contributed by atoms with Gasteiger partial charge in [-0.2, -0.15) is 5.26 Å². The van der Waals surface area contributed by atoms with E-state index in [4.69, 9.17) is 21.1 Å². The van der Waals surface area contributed by atoms with E-state index in [1.807, 2.05) is 26.0 Å². The number of fused-ring (bicyclic) bond motifs is 1. The van der Waals surface area contributed by atoms with E-state index < -0.39 is 0 Å². The number of carbonyl (C=O) groups is 1. The Bertz CT molecular complexity index is 1390. The topological polar surface area (TPSA) is 109 Å². The van der Waals surface area contributed by atoms with Crippen LogP contribution >= 0.6 is 11.6 Å². The van der Waals surface area contributed by atoms with Crippen molar-refractivity contribution >= 4 is 51.2 Å². The number of nitrogens with one attached hydrogen (secondary N) is 2. The Kier molecular flexibility index (Phi) is 9.03. The van der Waals surface area contributed by atoms with Gasteiger partial charge in [0.05, 0.1) is 39.8 Å². The first-order valence-corrected chi connectivity index (χ1v) is 11.5. The van der Waals surface area contributed by atoms with E-state index >= 15 is 0 Å². The molecular formula is C27H26ClN5O3. The molecule has 0 unspecified atom stereocenters. The number of nitriles is 1. The second-order valence-electron chi connectivity index (χ2n) is 7.42. The van der Waals surface area contributed by atoms with Crippen molar-refractivity contribution < 1.29 is 14.3 Å². The van der Waals surface area contributed by atoms with Crippen LogP contribution in [0, 0.1) is 11.3 Å². The molecule has 3 aromatic rings. The normalized spacial score (nSPS) is 11.2. The molecule has 0 saturated heterocycles. The highest BCUT2D eigenvalue weighted by Crippen LogP contribution is 2.37. The van der Waals surface area contributed by atoms with E-state index in [0.29, 0.717) is 56.7 Å². The van der Waals surface area contributed by atoms with Crippen LogP contribution in [-0.4, -0.2) is 36.9 Å². The molecule has 36 heavy (non-hydrogen) atoms. The number of carbonyl (C=O) groups excluding carboxylic acids is 1. The van der Waals surface area contributed by atoms with Crippen molar-refractivity contribution in [1.82, 2.24) is 4.98 Å². The fraction of sp³-hybridized carbons (Fsp3) is 0.185. The van der Waals surface area contributed by atoms with Gasteiger partial charge >= 0.3 is 0 Å². The van der Waals surface area contributed by atoms with Crippen molar-refractivity contribution in [3.8, 4) is 17.6 Å². The minimum Gasteiger partial charge on any atom is -0.492 e. The lowest BCUT2D eigenvalue weighted by Crippen LogP contribution is -2.10. The number of rotatable bonds is 10. The maximum absolute atomic E-state index is 12.0. The van der Waals surface area contributed by atoms with E-state index in [1.165, 1.54) is 12.3 Å². The van der Waals surface area contributed by atoms with Gasteiger partial charge in [-0.05, 0) is 50.3 Å². The minimum absolute atomic E-state index is 0.280. The van der Waals surface area contributed by atoms with Crippen LogP contribution in [0.15, 0.2) is 66.3 Å². The summed E-state index contributed by atoms with van der Waals surface area (Å²) in [5.74, 6) is 0.576. The highest BCUT2D eigenvalue weighted by Gasteiger charge is 2.15. The monoisotopic (exact) mass is 503 g/mol. The average molecular weight is 504 g/mol. The van der Waals surface area contributed by atoms with Crippen LogP contribution in [0.5, 0.6) is 11.5 Å². The van der Waals surface area contributed by atoms with E-state index in [-0.39, 0.29) is 12.5 Å². The molecule has 184 valence electrons. The number of allylic oxidation sites excluding steroid dienone is 1. The summed E-state index contributed by atoms with van der Waals surface area (Å²) in [6.07, 6.45) is 6.40. The van der Waals surface area contributed by atoms with E-state index in [9.17, 15) is 10.1 Å². The summed E-state index contributed by atoms with van der Waals surface area (Å²) in [5.41, 5.74) is 3.27. The Labute approximate surface area is 214 Å². The molecule has 0 spiro atoms. The van der Waals surface area contributed by atoms with Gasteiger partial charge in [0.1, 0.15) is 24.2 Å². The highest BCUT2D eigenvalue weighted by molar-refractivity contribution is 6.32. The van der Waals surface area contributed by atoms with Gasteiger partial charge in [-0.3, -0.25) is 14.8 Å². The number of pyridine rings is 1. The number of ether oxygens (including phenoxy) is 2. The average Bonchev–Trinajstić information content (AvgIpc) is 2.88. The van der Waals surface area contributed by atoms with E-state index in [1.54, 1.807) is 37.4 Å². The summed E-state index contributed by atoms with van der Waals surface area (Å²) < 4.78 is 11.5. The number of aromatic nitrogens is 1. The van der Waals surface area contributed by atoms with Crippen LogP contribution in [0.2, 0.25) is 5.02 Å². The van der Waals surface area contributed by atoms with E-state index in [2.05, 4.69) is 33.3 Å². The molecule has 3 rings (SSSR count). The SMILES string of the molecule is C=CC(=O)Nc1cc2c(Nc3ccc(OCC(/C=C\C)=NC)c(Cl)c3)c(C#N)cnc2cc1OCC. The first-order chi connectivity index (χ1) is 17.4. The lowest BCUT2D eigenvalue weighted by Gasteiger charge is -2.16. The second kappa shape index (κ2) is 12.4. The molecule has 0 saturated carbocycles. The maximum atomic E-state index is 12.0. The number of anilines is 3. The van der Waals surface area contributed by atoms with Crippen molar-refractivity contribution in [2.45, 2.75) is 13.8 Å². The molecule has 0 aliphatic rings. The molecule has 0 aliphatic carbocycles. The van der Waals surface area contributed by atoms with Gasteiger partial charge in [0.25, 0.3) is 0 Å². The molecular weight excluding hydrogens is 478 g/mol. The third-order valence-electron chi connectivity index (χ3n) is 5.06. The first-order valence-electron chi connectivity index (χ1n) is 11.1. The van der Waals surface area contributed by atoms with Crippen LogP contribution < -0.4 is 20.1 Å². The predicted octanol–water partition coefficient (Wildman–Crippen LogP) is 6.05. The Morgan fingerprint density at radius 1 is 1.28 bits per heavy atom. The lowest BCUT2D eigenvalue weighted by molar-refractivity contribution is -0.111. The molecule has 1 aromatic heterocycles. The van der Waals surface area contributed by atoms with Gasteiger partial charge in [0, 0.05) is 30.4 Å². The summed E-state index contributed by atoms with van der Waals surface area (Å²) in [4.78, 5) is 20.5. The molecule has 0 atom stereocenters. The third kappa shape index (κ3) is 6.20. The lowest BCUT2D eigenvalue weighted by atomic mass is 10.1. The maximum Gasteiger partial charge on any atom is 0.247 e. The first kappa shape index (κ1) is 26.3. The third-order valence-corrected chi connectivity index (χ3v) is 5.35. The van der Waals surface area contributed by atoms with Crippen molar-refractivity contribution in [2.24, 2.45) is 4.99 Å². The minimum atomic E-state index is -0.387. The number of benzene rings is 2. The Balaban J connectivity index is 2.00. The summed E-state index contributed by atoms with van der Waals surface area (Å²) in [6.45, 7) is 7.93. The molecule has 0 bridgehead atoms. The zero-order valence-corrected chi connectivity index (χ0v) is 21.0. The number of halogens is 1. The van der Waals surface area contributed by atoms with Crippen molar-refractivity contribution in [1.29, 1.82) is 5.26 Å². The van der Waals surface area contributed by atoms with Crippen molar-refractivity contribution in [2.75, 3.05) is 30.9 Å². The van der Waals surface area contributed by atoms with Crippen LogP contribution in [0.3, 0.4) is 0 Å². The van der Waals surface area contributed by atoms with Gasteiger partial charge in [-0.25, -0.2) is 0 Å². The fourth-order valence-electron chi connectivity index (χ4n) is 3.37. The van der Waals surface area contributed by atoms with Crippen LogP contribution in [0.25, 0.3) is 10.9 Å². The fourth-order valence-corrected chi connectivity index (χ4v) is 3.60. The molecule has 0 radical (unpaired) electrons. The molecule has 0 aliphatic heterocycles. The molecule has 2 aromatic carbocycles. The van der Waals surface area contributed by atoms with Crippen molar-refractivity contribution in [3.63, 3.8) is 0 Å². The van der Waals surface area contributed by atoms with Gasteiger partial charge < -0.3 is 20.1 Å². The van der Waals surface area contributed by atoms with Gasteiger partial charge in [0.2, 0.25) is 5.91 Å². The van der Waals surface area contributed by atoms with Gasteiger partial charge in [0.15, 0.2) is 0 Å². The summed E-state index contributed by atoms with van der Waals surface area (Å²) in [7, 11) is 1.70. The smallest absolute Gasteiger partial charge is 0.247 e. The quantitative estimate of drug-likeness (QED) is 0.257. The van der Waals surface area contributed by atoms with Gasteiger partial charge in [-0.15, -0.1) is 0 Å². The molecule has 8 nitrogen and oxygen atoms in total. The number of amides is 1. The molecule has 1 heterocycles. The molecule has 2 N–H and O–H groups in total. The van der Waals surface area contributed by atoms with Crippen LogP contribution in [-0.2, 0) is 4.79 Å². The predicted molar refractivity (Wildman–Crippen MR) is 145 cm³/mol. The Morgan fingerprint density at radius 2 is 2.08 bits per heavy atom. The molecule has 9 heteroatoms. The summed E-state index contributed by atoms with van der Waals surface area (Å²) in [6, 6.07) is 10.8. The van der Waals surface area contributed by atoms with Crippen LogP contribution in [0.1, 0.15) is 19.4 Å². The molecule has 1 amide bonds. The zero-order chi connectivity index (χ0) is 26.1.